The fraction of sp³-hybridized carbons (Fsp3) is 0.136. The van der Waals surface area contributed by atoms with E-state index < -0.39 is 5.97 Å². The summed E-state index contributed by atoms with van der Waals surface area (Å²) >= 11 is 0. The molecule has 0 aliphatic rings. The number of hydrogen-bond acceptors (Lipinski definition) is 5. The van der Waals surface area contributed by atoms with Crippen LogP contribution in [-0.2, 0) is 17.8 Å². The number of benzene rings is 2. The van der Waals surface area contributed by atoms with Gasteiger partial charge in [0, 0.05) is 6.54 Å². The minimum atomic E-state index is -0.561. The van der Waals surface area contributed by atoms with Crippen LogP contribution < -0.4 is 11.0 Å². The van der Waals surface area contributed by atoms with Crippen molar-refractivity contribution in [2.24, 2.45) is 0 Å². The van der Waals surface area contributed by atoms with Crippen LogP contribution in [0.2, 0.25) is 0 Å². The summed E-state index contributed by atoms with van der Waals surface area (Å²) in [6.45, 7) is 0.877. The van der Waals surface area contributed by atoms with Crippen LogP contribution in [0.1, 0.15) is 21.6 Å². The Hall–Kier alpha value is -3.87. The molecule has 2 N–H and O–H groups in total. The summed E-state index contributed by atoms with van der Waals surface area (Å²) in [5.41, 5.74) is 3.04. The number of nitrogens with zero attached hydrogens (tertiary/aromatic N) is 2. The predicted octanol–water partition coefficient (Wildman–Crippen LogP) is 3.17. The Morgan fingerprint density at radius 3 is 2.38 bits per heavy atom. The van der Waals surface area contributed by atoms with Crippen molar-refractivity contribution in [1.29, 1.82) is 0 Å². The van der Waals surface area contributed by atoms with E-state index in [-0.39, 0.29) is 11.4 Å². The average molecular weight is 388 g/mol. The molecule has 0 atom stereocenters. The number of carbonyl (C=O) groups is 1. The van der Waals surface area contributed by atoms with Gasteiger partial charge in [-0.15, -0.1) is 0 Å². The van der Waals surface area contributed by atoms with E-state index in [1.54, 1.807) is 10.6 Å². The van der Waals surface area contributed by atoms with Gasteiger partial charge in [-0.3, -0.25) is 4.57 Å². The van der Waals surface area contributed by atoms with E-state index in [4.69, 9.17) is 4.74 Å². The number of rotatable bonds is 6. The van der Waals surface area contributed by atoms with E-state index in [2.05, 4.69) is 15.3 Å². The van der Waals surface area contributed by atoms with Crippen LogP contribution in [0.25, 0.3) is 11.0 Å². The number of anilines is 1. The lowest BCUT2D eigenvalue weighted by molar-refractivity contribution is 0.0594. The minimum Gasteiger partial charge on any atom is -0.464 e. The van der Waals surface area contributed by atoms with Gasteiger partial charge in [-0.1, -0.05) is 60.7 Å². The number of ether oxygens (including phenoxy) is 1. The van der Waals surface area contributed by atoms with Crippen LogP contribution in [0.5, 0.6) is 0 Å². The zero-order valence-electron chi connectivity index (χ0n) is 15.9. The highest BCUT2D eigenvalue weighted by atomic mass is 16.5. The standard InChI is InChI=1S/C22H20N4O3/c1-29-21(27)17-12-18-19(20(24-17)23-13-15-8-4-2-5-9-15)25-22(28)26(18)14-16-10-6-3-7-11-16/h2-12H,13-14H2,1H3,(H,23,24)(H,25,28). The van der Waals surface area contributed by atoms with Crippen molar-refractivity contribution in [3.63, 3.8) is 0 Å². The van der Waals surface area contributed by atoms with Crippen molar-refractivity contribution in [2.45, 2.75) is 13.1 Å². The largest absolute Gasteiger partial charge is 0.464 e. The van der Waals surface area contributed by atoms with Gasteiger partial charge in [0.15, 0.2) is 11.5 Å². The normalized spacial score (nSPS) is 10.8. The molecule has 4 aromatic rings. The van der Waals surface area contributed by atoms with Crippen LogP contribution in [0.3, 0.4) is 0 Å². The SMILES string of the molecule is COC(=O)c1cc2c([nH]c(=O)n2Cc2ccccc2)c(NCc2ccccc2)n1. The fourth-order valence-corrected chi connectivity index (χ4v) is 3.19. The molecule has 146 valence electrons. The van der Waals surface area contributed by atoms with Gasteiger partial charge in [-0.05, 0) is 17.2 Å². The molecule has 0 aliphatic carbocycles. The molecule has 0 aliphatic heterocycles. The summed E-state index contributed by atoms with van der Waals surface area (Å²) in [5.74, 6) is -0.134. The van der Waals surface area contributed by atoms with E-state index in [9.17, 15) is 9.59 Å². The molecule has 7 nitrogen and oxygen atoms in total. The zero-order chi connectivity index (χ0) is 20.2. The third-order valence-electron chi connectivity index (χ3n) is 4.65. The van der Waals surface area contributed by atoms with Gasteiger partial charge in [0.25, 0.3) is 0 Å². The lowest BCUT2D eigenvalue weighted by Gasteiger charge is -2.10. The van der Waals surface area contributed by atoms with E-state index in [0.717, 1.165) is 11.1 Å². The molecule has 0 bridgehead atoms. The monoisotopic (exact) mass is 388 g/mol. The quantitative estimate of drug-likeness (QED) is 0.495. The molecule has 2 heterocycles. The van der Waals surface area contributed by atoms with Crippen molar-refractivity contribution >= 4 is 22.8 Å². The molecule has 2 aromatic heterocycles. The highest BCUT2D eigenvalue weighted by molar-refractivity contribution is 5.95. The first-order valence-electron chi connectivity index (χ1n) is 9.19. The van der Waals surface area contributed by atoms with Gasteiger partial charge in [0.05, 0.1) is 19.2 Å². The molecule has 29 heavy (non-hydrogen) atoms. The maximum absolute atomic E-state index is 12.7. The summed E-state index contributed by atoms with van der Waals surface area (Å²) < 4.78 is 6.43. The average Bonchev–Trinajstić information content (AvgIpc) is 3.08. The van der Waals surface area contributed by atoms with E-state index in [1.165, 1.54) is 7.11 Å². The Bertz CT molecular complexity index is 1200. The van der Waals surface area contributed by atoms with Crippen molar-refractivity contribution in [2.75, 3.05) is 12.4 Å². The Morgan fingerprint density at radius 2 is 1.72 bits per heavy atom. The van der Waals surface area contributed by atoms with Gasteiger partial charge in [0.1, 0.15) is 5.52 Å². The number of aromatic amines is 1. The molecule has 0 amide bonds. The van der Waals surface area contributed by atoms with Crippen molar-refractivity contribution in [1.82, 2.24) is 14.5 Å². The molecule has 0 saturated carbocycles. The first-order chi connectivity index (χ1) is 14.2. The summed E-state index contributed by atoms with van der Waals surface area (Å²) in [5, 5.41) is 3.23. The Morgan fingerprint density at radius 1 is 1.07 bits per heavy atom. The number of methoxy groups -OCH3 is 1. The summed E-state index contributed by atoms with van der Waals surface area (Å²) in [6, 6.07) is 21.0. The molecular formula is C22H20N4O3. The number of hydrogen-bond donors (Lipinski definition) is 2. The second-order valence-corrected chi connectivity index (χ2v) is 6.58. The molecular weight excluding hydrogens is 368 g/mol. The second kappa shape index (κ2) is 8.02. The highest BCUT2D eigenvalue weighted by Gasteiger charge is 2.18. The van der Waals surface area contributed by atoms with Gasteiger partial charge >= 0.3 is 11.7 Å². The lowest BCUT2D eigenvalue weighted by atomic mass is 10.2. The molecule has 0 radical (unpaired) electrons. The summed E-state index contributed by atoms with van der Waals surface area (Å²) in [6.07, 6.45) is 0. The zero-order valence-corrected chi connectivity index (χ0v) is 15.9. The number of imidazole rings is 1. The lowest BCUT2D eigenvalue weighted by Crippen LogP contribution is -2.17. The van der Waals surface area contributed by atoms with Crippen LogP contribution in [-0.4, -0.2) is 27.6 Å². The van der Waals surface area contributed by atoms with E-state index >= 15 is 0 Å². The number of carbonyl (C=O) groups excluding carboxylic acids is 1. The van der Waals surface area contributed by atoms with E-state index in [1.807, 2.05) is 60.7 Å². The number of H-pyrrole nitrogens is 1. The number of aromatic nitrogens is 3. The van der Waals surface area contributed by atoms with Gasteiger partial charge in [0.2, 0.25) is 0 Å². The first-order valence-corrected chi connectivity index (χ1v) is 9.19. The summed E-state index contributed by atoms with van der Waals surface area (Å²) in [4.78, 5) is 32.1. The molecule has 0 saturated heterocycles. The number of fused-ring (bicyclic) bond motifs is 1. The second-order valence-electron chi connectivity index (χ2n) is 6.58. The molecule has 4 rings (SSSR count). The molecule has 0 unspecified atom stereocenters. The van der Waals surface area contributed by atoms with Crippen molar-refractivity contribution < 1.29 is 9.53 Å². The number of nitrogens with one attached hydrogen (secondary N) is 2. The van der Waals surface area contributed by atoms with Crippen LogP contribution >= 0.6 is 0 Å². The van der Waals surface area contributed by atoms with Crippen molar-refractivity contribution in [3.05, 3.63) is 94.0 Å². The number of esters is 1. The number of pyridine rings is 1. The predicted molar refractivity (Wildman–Crippen MR) is 111 cm³/mol. The minimum absolute atomic E-state index is 0.136. The summed E-state index contributed by atoms with van der Waals surface area (Å²) in [7, 11) is 1.31. The molecule has 0 spiro atoms. The third kappa shape index (κ3) is 3.89. The molecule has 0 fully saturated rings. The van der Waals surface area contributed by atoms with Crippen LogP contribution in [0, 0.1) is 0 Å². The smallest absolute Gasteiger partial charge is 0.356 e. The Labute approximate surface area is 167 Å². The van der Waals surface area contributed by atoms with E-state index in [0.29, 0.717) is 29.9 Å². The van der Waals surface area contributed by atoms with Crippen LogP contribution in [0.4, 0.5) is 5.82 Å². The van der Waals surface area contributed by atoms with Gasteiger partial charge in [-0.2, -0.15) is 0 Å². The molecule has 7 heteroatoms. The van der Waals surface area contributed by atoms with Gasteiger partial charge in [-0.25, -0.2) is 14.6 Å². The van der Waals surface area contributed by atoms with Crippen molar-refractivity contribution in [3.8, 4) is 0 Å². The van der Waals surface area contributed by atoms with Crippen LogP contribution in [0.15, 0.2) is 71.5 Å². The maximum atomic E-state index is 12.7. The molecule has 2 aromatic carbocycles. The highest BCUT2D eigenvalue weighted by Crippen LogP contribution is 2.22. The fourth-order valence-electron chi connectivity index (χ4n) is 3.19. The maximum Gasteiger partial charge on any atom is 0.356 e. The topological polar surface area (TPSA) is 89.0 Å². The first kappa shape index (κ1) is 18.5. The van der Waals surface area contributed by atoms with Gasteiger partial charge < -0.3 is 15.0 Å². The Kier molecular flexibility index (Phi) is 5.11. The Balaban J connectivity index is 1.78. The third-order valence-corrected chi connectivity index (χ3v) is 4.65.